The lowest BCUT2D eigenvalue weighted by molar-refractivity contribution is -0.124. The minimum absolute atomic E-state index is 0.123. The molecule has 0 aliphatic heterocycles. The number of nitrogens with one attached hydrogen (secondary N) is 2. The minimum Gasteiger partial charge on any atom is -0.491 e. The first kappa shape index (κ1) is 21.9. The van der Waals surface area contributed by atoms with Crippen LogP contribution in [-0.4, -0.2) is 35.5 Å². The Kier molecular flexibility index (Phi) is 8.68. The SMILES string of the molecule is Cc1ccc(NC(=O)O[C@H](C/C=C/C(=O)NO)c2cccc(OCCO)c2)cc1. The number of aliphatic hydroxyl groups excluding tert-OH is 1. The van der Waals surface area contributed by atoms with E-state index in [-0.39, 0.29) is 19.6 Å². The van der Waals surface area contributed by atoms with Crippen molar-refractivity contribution in [2.75, 3.05) is 18.5 Å². The van der Waals surface area contributed by atoms with E-state index >= 15 is 0 Å². The summed E-state index contributed by atoms with van der Waals surface area (Å²) in [7, 11) is 0. The third-order valence-electron chi connectivity index (χ3n) is 3.87. The smallest absolute Gasteiger partial charge is 0.412 e. The predicted molar refractivity (Wildman–Crippen MR) is 107 cm³/mol. The van der Waals surface area contributed by atoms with Crippen LogP contribution >= 0.6 is 0 Å². The quantitative estimate of drug-likeness (QED) is 0.292. The Morgan fingerprint density at radius 1 is 1.17 bits per heavy atom. The monoisotopic (exact) mass is 400 g/mol. The molecule has 2 rings (SSSR count). The highest BCUT2D eigenvalue weighted by molar-refractivity contribution is 5.86. The van der Waals surface area contributed by atoms with E-state index in [0.29, 0.717) is 17.0 Å². The third kappa shape index (κ3) is 7.65. The van der Waals surface area contributed by atoms with E-state index in [2.05, 4.69) is 5.32 Å². The Balaban J connectivity index is 2.13. The van der Waals surface area contributed by atoms with Crippen LogP contribution in [0.3, 0.4) is 0 Å². The van der Waals surface area contributed by atoms with Gasteiger partial charge in [-0.15, -0.1) is 0 Å². The molecule has 0 unspecified atom stereocenters. The molecule has 4 N–H and O–H groups in total. The molecule has 8 heteroatoms. The topological polar surface area (TPSA) is 117 Å². The standard InChI is InChI=1S/C21H24N2O6/c1-15-8-10-17(11-9-15)22-21(26)29-19(6-3-7-20(25)23-27)16-4-2-5-18(14-16)28-13-12-24/h2-5,7-11,14,19,24,27H,6,12-13H2,1H3,(H,22,26)(H,23,25)/b7-3+/t19-/m1/s1. The molecule has 0 spiro atoms. The number of amides is 2. The van der Waals surface area contributed by atoms with Crippen LogP contribution in [0.5, 0.6) is 5.75 Å². The van der Waals surface area contributed by atoms with E-state index in [9.17, 15) is 9.59 Å². The minimum atomic E-state index is -0.708. The zero-order chi connectivity index (χ0) is 21.1. The summed E-state index contributed by atoms with van der Waals surface area (Å²) in [5.41, 5.74) is 3.80. The van der Waals surface area contributed by atoms with E-state index in [0.717, 1.165) is 11.6 Å². The molecular formula is C21H24N2O6. The summed E-state index contributed by atoms with van der Waals surface area (Å²) in [4.78, 5) is 23.5. The highest BCUT2D eigenvalue weighted by atomic mass is 16.6. The van der Waals surface area contributed by atoms with Crippen LogP contribution in [0.15, 0.2) is 60.7 Å². The predicted octanol–water partition coefficient (Wildman–Crippen LogP) is 3.11. The lowest BCUT2D eigenvalue weighted by Crippen LogP contribution is -2.18. The number of aliphatic hydroxyl groups is 1. The second-order valence-corrected chi connectivity index (χ2v) is 6.14. The number of benzene rings is 2. The zero-order valence-corrected chi connectivity index (χ0v) is 16.0. The fourth-order valence-corrected chi connectivity index (χ4v) is 2.47. The summed E-state index contributed by atoms with van der Waals surface area (Å²) >= 11 is 0. The van der Waals surface area contributed by atoms with Crippen LogP contribution in [0.2, 0.25) is 0 Å². The van der Waals surface area contributed by atoms with Crippen LogP contribution in [-0.2, 0) is 9.53 Å². The summed E-state index contributed by atoms with van der Waals surface area (Å²) in [5.74, 6) is -0.172. The second-order valence-electron chi connectivity index (χ2n) is 6.14. The molecule has 29 heavy (non-hydrogen) atoms. The van der Waals surface area contributed by atoms with Crippen molar-refractivity contribution in [1.29, 1.82) is 0 Å². The number of aryl methyl sites for hydroxylation is 1. The van der Waals surface area contributed by atoms with Gasteiger partial charge in [-0.1, -0.05) is 35.9 Å². The molecule has 2 aromatic carbocycles. The molecule has 0 saturated carbocycles. The fourth-order valence-electron chi connectivity index (χ4n) is 2.47. The molecular weight excluding hydrogens is 376 g/mol. The molecule has 0 radical (unpaired) electrons. The number of hydrogen-bond donors (Lipinski definition) is 4. The lowest BCUT2D eigenvalue weighted by Gasteiger charge is -2.18. The molecule has 0 aliphatic carbocycles. The molecule has 2 aromatic rings. The van der Waals surface area contributed by atoms with Gasteiger partial charge in [-0.05, 0) is 36.8 Å². The van der Waals surface area contributed by atoms with Gasteiger partial charge in [-0.25, -0.2) is 10.3 Å². The summed E-state index contributed by atoms with van der Waals surface area (Å²) < 4.78 is 10.9. The highest BCUT2D eigenvalue weighted by Crippen LogP contribution is 2.26. The summed E-state index contributed by atoms with van der Waals surface area (Å²) in [6.07, 6.45) is 1.45. The molecule has 1 atom stereocenters. The summed E-state index contributed by atoms with van der Waals surface area (Å²) in [6.45, 7) is 1.96. The van der Waals surface area contributed by atoms with Crippen molar-refractivity contribution in [3.05, 3.63) is 71.8 Å². The van der Waals surface area contributed by atoms with Gasteiger partial charge in [0, 0.05) is 18.2 Å². The van der Waals surface area contributed by atoms with E-state index in [1.165, 1.54) is 11.6 Å². The van der Waals surface area contributed by atoms with Gasteiger partial charge in [0.05, 0.1) is 6.61 Å². The number of carbonyl (C=O) groups excluding carboxylic acids is 2. The number of anilines is 1. The molecule has 154 valence electrons. The zero-order valence-electron chi connectivity index (χ0n) is 16.0. The number of carbonyl (C=O) groups is 2. The van der Waals surface area contributed by atoms with Gasteiger partial charge < -0.3 is 14.6 Å². The van der Waals surface area contributed by atoms with Gasteiger partial charge in [0.2, 0.25) is 0 Å². The first-order valence-electron chi connectivity index (χ1n) is 9.00. The van der Waals surface area contributed by atoms with E-state index in [1.54, 1.807) is 36.4 Å². The van der Waals surface area contributed by atoms with Crippen LogP contribution in [0, 0.1) is 6.92 Å². The number of hydroxylamine groups is 1. The summed E-state index contributed by atoms with van der Waals surface area (Å²) in [5, 5.41) is 20.1. The average Bonchev–Trinajstić information content (AvgIpc) is 2.73. The van der Waals surface area contributed by atoms with E-state index in [1.807, 2.05) is 19.1 Å². The molecule has 0 saturated heterocycles. The fraction of sp³-hybridized carbons (Fsp3) is 0.238. The number of ether oxygens (including phenoxy) is 2. The van der Waals surface area contributed by atoms with Gasteiger partial charge in [-0.2, -0.15) is 0 Å². The van der Waals surface area contributed by atoms with Crippen LogP contribution in [0.1, 0.15) is 23.7 Å². The van der Waals surface area contributed by atoms with Crippen molar-refractivity contribution >= 4 is 17.7 Å². The maximum Gasteiger partial charge on any atom is 0.412 e. The Morgan fingerprint density at radius 2 is 1.93 bits per heavy atom. The molecule has 0 aromatic heterocycles. The van der Waals surface area contributed by atoms with Gasteiger partial charge in [0.15, 0.2) is 0 Å². The number of rotatable bonds is 9. The summed E-state index contributed by atoms with van der Waals surface area (Å²) in [6, 6.07) is 14.2. The molecule has 8 nitrogen and oxygen atoms in total. The molecule has 0 aliphatic rings. The van der Waals surface area contributed by atoms with Crippen molar-refractivity contribution in [2.45, 2.75) is 19.4 Å². The van der Waals surface area contributed by atoms with E-state index in [4.69, 9.17) is 19.8 Å². The van der Waals surface area contributed by atoms with Crippen LogP contribution in [0.4, 0.5) is 10.5 Å². The molecule has 0 bridgehead atoms. The average molecular weight is 400 g/mol. The van der Waals surface area contributed by atoms with Crippen LogP contribution in [0.25, 0.3) is 0 Å². The largest absolute Gasteiger partial charge is 0.491 e. The van der Waals surface area contributed by atoms with Crippen molar-refractivity contribution in [3.63, 3.8) is 0 Å². The van der Waals surface area contributed by atoms with Crippen molar-refractivity contribution in [1.82, 2.24) is 5.48 Å². The van der Waals surface area contributed by atoms with Crippen molar-refractivity contribution < 1.29 is 29.4 Å². The second kappa shape index (κ2) is 11.5. The Labute approximate surface area is 168 Å². The third-order valence-corrected chi connectivity index (χ3v) is 3.87. The van der Waals surface area contributed by atoms with Gasteiger partial charge in [0.1, 0.15) is 18.5 Å². The molecule has 0 heterocycles. The van der Waals surface area contributed by atoms with Crippen molar-refractivity contribution in [3.8, 4) is 5.75 Å². The van der Waals surface area contributed by atoms with Gasteiger partial charge in [0.25, 0.3) is 5.91 Å². The maximum absolute atomic E-state index is 12.4. The first-order valence-corrected chi connectivity index (χ1v) is 9.00. The number of hydrogen-bond acceptors (Lipinski definition) is 6. The lowest BCUT2D eigenvalue weighted by atomic mass is 10.1. The molecule has 2 amide bonds. The highest BCUT2D eigenvalue weighted by Gasteiger charge is 2.17. The Hall–Kier alpha value is -3.36. The molecule has 0 fully saturated rings. The first-order chi connectivity index (χ1) is 14.0. The van der Waals surface area contributed by atoms with Gasteiger partial charge in [-0.3, -0.25) is 15.3 Å². The maximum atomic E-state index is 12.4. The van der Waals surface area contributed by atoms with Crippen molar-refractivity contribution in [2.24, 2.45) is 0 Å². The van der Waals surface area contributed by atoms with E-state index < -0.39 is 18.1 Å². The van der Waals surface area contributed by atoms with Gasteiger partial charge >= 0.3 is 6.09 Å². The Bertz CT molecular complexity index is 835. The van der Waals surface area contributed by atoms with Crippen LogP contribution < -0.4 is 15.5 Å². The Morgan fingerprint density at radius 3 is 2.62 bits per heavy atom. The normalized spacial score (nSPS) is 11.7.